The summed E-state index contributed by atoms with van der Waals surface area (Å²) in [5.41, 5.74) is 1.16. The molecule has 0 amide bonds. The van der Waals surface area contributed by atoms with Crippen LogP contribution in [0, 0.1) is 11.6 Å². The molecule has 2 aromatic rings. The van der Waals surface area contributed by atoms with Gasteiger partial charge >= 0.3 is 0 Å². The summed E-state index contributed by atoms with van der Waals surface area (Å²) < 4.78 is 32.3. The maximum atomic E-state index is 13.7. The molecule has 0 fully saturated rings. The van der Waals surface area contributed by atoms with E-state index in [1.165, 1.54) is 0 Å². The Morgan fingerprint density at radius 1 is 1.15 bits per heavy atom. The van der Waals surface area contributed by atoms with Crippen LogP contribution in [0.1, 0.15) is 56.5 Å². The number of hydrogen-bond acceptors (Lipinski definition) is 3. The summed E-state index contributed by atoms with van der Waals surface area (Å²) >= 11 is 0. The third-order valence-corrected chi connectivity index (χ3v) is 4.17. The lowest BCUT2D eigenvalue weighted by Crippen LogP contribution is -2.36. The molecule has 1 aromatic carbocycles. The van der Waals surface area contributed by atoms with Crippen LogP contribution in [-0.2, 0) is 13.1 Å². The lowest BCUT2D eigenvalue weighted by molar-refractivity contribution is 0.368. The van der Waals surface area contributed by atoms with Gasteiger partial charge < -0.3 is 15.2 Å². The summed E-state index contributed by atoms with van der Waals surface area (Å²) in [6.45, 7) is 7.27. The highest BCUT2D eigenvalue weighted by Gasteiger charge is 2.13. The van der Waals surface area contributed by atoms with Crippen LogP contribution in [0.4, 0.5) is 8.78 Å². The fourth-order valence-corrected chi connectivity index (χ4v) is 2.65. The first-order chi connectivity index (χ1) is 12.6. The summed E-state index contributed by atoms with van der Waals surface area (Å²) in [4.78, 5) is 4.30. The average molecular weight is 364 g/mol. The van der Waals surface area contributed by atoms with Crippen molar-refractivity contribution in [2.75, 3.05) is 6.54 Å². The Bertz CT molecular complexity index is 726. The summed E-state index contributed by atoms with van der Waals surface area (Å²) in [6, 6.07) is 5.29. The van der Waals surface area contributed by atoms with Crippen molar-refractivity contribution < 1.29 is 13.3 Å². The summed E-state index contributed by atoms with van der Waals surface area (Å²) in [6.07, 6.45) is 2.03. The Morgan fingerprint density at radius 2 is 1.92 bits per heavy atom. The summed E-state index contributed by atoms with van der Waals surface area (Å²) in [5.74, 6) is 0.637. The second kappa shape index (κ2) is 9.89. The molecule has 0 saturated carbocycles. The van der Waals surface area contributed by atoms with Crippen molar-refractivity contribution in [1.29, 1.82) is 0 Å². The third-order valence-electron chi connectivity index (χ3n) is 4.17. The normalized spacial score (nSPS) is 11.8. The molecule has 0 radical (unpaired) electrons. The molecule has 0 atom stereocenters. The van der Waals surface area contributed by atoms with E-state index in [4.69, 9.17) is 4.52 Å². The van der Waals surface area contributed by atoms with E-state index in [1.54, 1.807) is 0 Å². The van der Waals surface area contributed by atoms with Crippen molar-refractivity contribution in [1.82, 2.24) is 15.8 Å². The monoisotopic (exact) mass is 364 g/mol. The Morgan fingerprint density at radius 3 is 2.62 bits per heavy atom. The lowest BCUT2D eigenvalue weighted by Gasteiger charge is -2.10. The van der Waals surface area contributed by atoms with Gasteiger partial charge in [0.2, 0.25) is 0 Å². The zero-order valence-electron chi connectivity index (χ0n) is 15.5. The van der Waals surface area contributed by atoms with Crippen LogP contribution in [0.5, 0.6) is 0 Å². The van der Waals surface area contributed by atoms with Gasteiger partial charge in [0, 0.05) is 24.1 Å². The van der Waals surface area contributed by atoms with Gasteiger partial charge in [0.05, 0.1) is 18.8 Å². The van der Waals surface area contributed by atoms with Gasteiger partial charge in [0.25, 0.3) is 0 Å². The average Bonchev–Trinajstić information content (AvgIpc) is 3.10. The first-order valence-electron chi connectivity index (χ1n) is 8.98. The molecule has 2 N–H and O–H groups in total. The van der Waals surface area contributed by atoms with Crippen molar-refractivity contribution in [3.63, 3.8) is 0 Å². The van der Waals surface area contributed by atoms with Crippen molar-refractivity contribution in [2.45, 2.75) is 52.6 Å². The molecule has 0 aliphatic rings. The minimum atomic E-state index is -0.481. The molecule has 2 rings (SSSR count). The van der Waals surface area contributed by atoms with Crippen LogP contribution in [0.25, 0.3) is 0 Å². The molecular weight excluding hydrogens is 338 g/mol. The maximum Gasteiger partial charge on any atom is 0.191 e. The summed E-state index contributed by atoms with van der Waals surface area (Å²) in [7, 11) is 0. The van der Waals surface area contributed by atoms with Gasteiger partial charge in [-0.25, -0.2) is 13.8 Å². The van der Waals surface area contributed by atoms with E-state index in [0.717, 1.165) is 36.7 Å². The molecule has 0 aliphatic carbocycles. The van der Waals surface area contributed by atoms with Crippen LogP contribution in [0.2, 0.25) is 0 Å². The minimum Gasteiger partial charge on any atom is -0.359 e. The number of halogens is 2. The van der Waals surface area contributed by atoms with Gasteiger partial charge in [-0.3, -0.25) is 0 Å². The topological polar surface area (TPSA) is 62.5 Å². The Labute approximate surface area is 152 Å². The van der Waals surface area contributed by atoms with E-state index in [0.29, 0.717) is 30.7 Å². The first-order valence-corrected chi connectivity index (χ1v) is 8.98. The molecule has 7 heteroatoms. The second-order valence-corrected chi connectivity index (χ2v) is 6.02. The van der Waals surface area contributed by atoms with E-state index in [2.05, 4.69) is 34.6 Å². The Hall–Kier alpha value is -2.44. The predicted octanol–water partition coefficient (Wildman–Crippen LogP) is 4.11. The molecule has 0 bridgehead atoms. The van der Waals surface area contributed by atoms with Gasteiger partial charge in [0.1, 0.15) is 11.6 Å². The Kier molecular flexibility index (Phi) is 7.56. The molecule has 0 spiro atoms. The second-order valence-electron chi connectivity index (χ2n) is 6.02. The van der Waals surface area contributed by atoms with Gasteiger partial charge in [-0.2, -0.15) is 0 Å². The molecule has 26 heavy (non-hydrogen) atoms. The first kappa shape index (κ1) is 19.9. The van der Waals surface area contributed by atoms with Crippen LogP contribution in [0.3, 0.4) is 0 Å². The molecule has 0 aliphatic heterocycles. The van der Waals surface area contributed by atoms with Gasteiger partial charge in [-0.05, 0) is 38.0 Å². The Balaban J connectivity index is 2.00. The van der Waals surface area contributed by atoms with E-state index < -0.39 is 11.6 Å². The predicted molar refractivity (Wildman–Crippen MR) is 97.8 cm³/mol. The highest BCUT2D eigenvalue weighted by atomic mass is 19.1. The van der Waals surface area contributed by atoms with Crippen LogP contribution in [-0.4, -0.2) is 17.7 Å². The quantitative estimate of drug-likeness (QED) is 0.547. The number of nitrogens with zero attached hydrogens (tertiary/aromatic N) is 2. The SMILES string of the molecule is CCNC(=NCc1cc(F)ccc1F)NCc1cc(C(CC)CC)no1. The van der Waals surface area contributed by atoms with E-state index in [1.807, 2.05) is 13.0 Å². The van der Waals surface area contributed by atoms with Crippen LogP contribution < -0.4 is 10.6 Å². The van der Waals surface area contributed by atoms with E-state index >= 15 is 0 Å². The van der Waals surface area contributed by atoms with Gasteiger partial charge in [0.15, 0.2) is 11.7 Å². The smallest absolute Gasteiger partial charge is 0.191 e. The maximum absolute atomic E-state index is 13.7. The molecular formula is C19H26F2N4O. The van der Waals surface area contributed by atoms with E-state index in [-0.39, 0.29) is 12.1 Å². The van der Waals surface area contributed by atoms with Crippen molar-refractivity contribution >= 4 is 5.96 Å². The van der Waals surface area contributed by atoms with Gasteiger partial charge in [-0.15, -0.1) is 0 Å². The number of aromatic nitrogens is 1. The third kappa shape index (κ3) is 5.54. The molecule has 5 nitrogen and oxygen atoms in total. The molecule has 142 valence electrons. The van der Waals surface area contributed by atoms with E-state index in [9.17, 15) is 8.78 Å². The number of rotatable bonds is 8. The number of guanidine groups is 1. The van der Waals surface area contributed by atoms with Crippen LogP contribution in [0.15, 0.2) is 33.8 Å². The fourth-order valence-electron chi connectivity index (χ4n) is 2.65. The van der Waals surface area contributed by atoms with Crippen molar-refractivity contribution in [3.8, 4) is 0 Å². The zero-order valence-corrected chi connectivity index (χ0v) is 15.5. The van der Waals surface area contributed by atoms with Crippen molar-refractivity contribution in [2.24, 2.45) is 4.99 Å². The minimum absolute atomic E-state index is 0.0360. The number of hydrogen-bond donors (Lipinski definition) is 2. The number of aliphatic imine (C=N–C) groups is 1. The number of benzene rings is 1. The molecule has 1 heterocycles. The molecule has 0 saturated heterocycles. The largest absolute Gasteiger partial charge is 0.359 e. The van der Waals surface area contributed by atoms with Crippen LogP contribution >= 0.6 is 0 Å². The zero-order chi connectivity index (χ0) is 18.9. The standard InChI is InChI=1S/C19H26F2N4O/c1-4-13(5-2)18-10-16(26-25-18)12-24-19(22-6-3)23-11-14-9-15(20)7-8-17(14)21/h7-10,13H,4-6,11-12H2,1-3H3,(H2,22,23,24). The highest BCUT2D eigenvalue weighted by Crippen LogP contribution is 2.22. The van der Waals surface area contributed by atoms with Gasteiger partial charge in [-0.1, -0.05) is 19.0 Å². The summed E-state index contributed by atoms with van der Waals surface area (Å²) in [5, 5.41) is 10.3. The number of nitrogens with one attached hydrogen (secondary N) is 2. The fraction of sp³-hybridized carbons (Fsp3) is 0.474. The lowest BCUT2D eigenvalue weighted by atomic mass is 9.99. The molecule has 1 aromatic heterocycles. The van der Waals surface area contributed by atoms with Crippen molar-refractivity contribution in [3.05, 3.63) is 52.9 Å². The highest BCUT2D eigenvalue weighted by molar-refractivity contribution is 5.79. The molecule has 0 unspecified atom stereocenters.